The van der Waals surface area contributed by atoms with Crippen LogP contribution in [0.25, 0.3) is 0 Å². The summed E-state index contributed by atoms with van der Waals surface area (Å²) in [6.07, 6.45) is 2.90. The molecule has 0 fully saturated rings. The molecule has 2 aromatic carbocycles. The topological polar surface area (TPSA) is 101 Å². The maximum atomic E-state index is 12.5. The molecule has 2 rings (SSSR count). The molecule has 140 valence electrons. The van der Waals surface area contributed by atoms with Crippen LogP contribution in [-0.4, -0.2) is 28.0 Å². The fourth-order valence-electron chi connectivity index (χ4n) is 2.32. The fourth-order valence-corrected chi connectivity index (χ4v) is 2.32. The van der Waals surface area contributed by atoms with E-state index in [4.69, 9.17) is 10.8 Å². The predicted molar refractivity (Wildman–Crippen MR) is 103 cm³/mol. The number of aromatic carboxylic acids is 1. The van der Waals surface area contributed by atoms with Gasteiger partial charge in [0.15, 0.2) is 5.78 Å². The molecule has 0 unspecified atom stereocenters. The summed E-state index contributed by atoms with van der Waals surface area (Å²) in [5, 5.41) is 19.2. The molecule has 5 heteroatoms. The van der Waals surface area contributed by atoms with Gasteiger partial charge < -0.3 is 15.9 Å². The zero-order chi connectivity index (χ0) is 19.7. The molecule has 4 N–H and O–H groups in total. The van der Waals surface area contributed by atoms with Crippen molar-refractivity contribution in [3.63, 3.8) is 0 Å². The predicted octanol–water partition coefficient (Wildman–Crippen LogP) is 4.02. The van der Waals surface area contributed by atoms with Crippen molar-refractivity contribution in [1.82, 2.24) is 0 Å². The Morgan fingerprint density at radius 3 is 2.12 bits per heavy atom. The van der Waals surface area contributed by atoms with E-state index in [0.717, 1.165) is 24.8 Å². The highest BCUT2D eigenvalue weighted by molar-refractivity contribution is 6.15. The zero-order valence-electron chi connectivity index (χ0n) is 15.5. The van der Waals surface area contributed by atoms with Gasteiger partial charge in [-0.25, -0.2) is 4.79 Å². The highest BCUT2D eigenvalue weighted by atomic mass is 16.4. The van der Waals surface area contributed by atoms with Crippen LogP contribution in [0.4, 0.5) is 0 Å². The minimum Gasteiger partial charge on any atom is -0.507 e. The molecule has 0 bridgehead atoms. The first kappa shape index (κ1) is 21.4. The molecule has 0 aliphatic heterocycles. The van der Waals surface area contributed by atoms with Crippen molar-refractivity contribution in [2.45, 2.75) is 46.1 Å². The lowest BCUT2D eigenvalue weighted by Gasteiger charge is -2.08. The van der Waals surface area contributed by atoms with Crippen molar-refractivity contribution in [3.8, 4) is 5.75 Å². The summed E-state index contributed by atoms with van der Waals surface area (Å²) in [6.45, 7) is 5.97. The zero-order valence-corrected chi connectivity index (χ0v) is 15.5. The SMILES string of the molecule is CC(C)N.CCCCc1ccc(C(=O)c2ccccc2C(=O)O)c(O)c1. The molecule has 0 radical (unpaired) electrons. The van der Waals surface area contributed by atoms with Gasteiger partial charge in [0.1, 0.15) is 5.75 Å². The molecule has 0 aromatic heterocycles. The molecule has 0 amide bonds. The Bertz CT molecular complexity index is 751. The standard InChI is InChI=1S/C18H18O4.C3H9N/c1-2-3-6-12-9-10-15(16(19)11-12)17(20)13-7-4-5-8-14(13)18(21)22;1-3(2)4/h4-5,7-11,19H,2-3,6H2,1H3,(H,21,22);3H,4H2,1-2H3. The molecule has 26 heavy (non-hydrogen) atoms. The minimum atomic E-state index is -1.16. The fraction of sp³-hybridized carbons (Fsp3) is 0.333. The summed E-state index contributed by atoms with van der Waals surface area (Å²) >= 11 is 0. The molecule has 0 spiro atoms. The third-order valence-corrected chi connectivity index (χ3v) is 3.53. The number of hydrogen-bond acceptors (Lipinski definition) is 4. The van der Waals surface area contributed by atoms with Gasteiger partial charge in [-0.2, -0.15) is 0 Å². The smallest absolute Gasteiger partial charge is 0.336 e. The number of carboxylic acid groups (broad SMARTS) is 1. The van der Waals surface area contributed by atoms with Crippen LogP contribution in [-0.2, 0) is 6.42 Å². The van der Waals surface area contributed by atoms with E-state index < -0.39 is 11.8 Å². The molecule has 0 saturated carbocycles. The van der Waals surface area contributed by atoms with Crippen LogP contribution in [0.15, 0.2) is 42.5 Å². The van der Waals surface area contributed by atoms with Crippen LogP contribution in [0, 0.1) is 0 Å². The number of nitrogens with two attached hydrogens (primary N) is 1. The van der Waals surface area contributed by atoms with Crippen molar-refractivity contribution in [1.29, 1.82) is 0 Å². The maximum absolute atomic E-state index is 12.5. The average molecular weight is 357 g/mol. The first-order valence-electron chi connectivity index (χ1n) is 8.72. The molecule has 0 atom stereocenters. The number of phenolic OH excluding ortho intramolecular Hbond substituents is 1. The van der Waals surface area contributed by atoms with Crippen molar-refractivity contribution < 1.29 is 19.8 Å². The van der Waals surface area contributed by atoms with Gasteiger partial charge in [-0.15, -0.1) is 0 Å². The third-order valence-electron chi connectivity index (χ3n) is 3.53. The Labute approximate surface area is 154 Å². The van der Waals surface area contributed by atoms with Crippen LogP contribution in [0.1, 0.15) is 65.5 Å². The van der Waals surface area contributed by atoms with Crippen LogP contribution in [0.3, 0.4) is 0 Å². The number of ketones is 1. The Hall–Kier alpha value is -2.66. The molecular formula is C21H27NO4. The Morgan fingerprint density at radius 2 is 1.62 bits per heavy atom. The minimum absolute atomic E-state index is 0.0676. The lowest BCUT2D eigenvalue weighted by molar-refractivity contribution is 0.0692. The monoisotopic (exact) mass is 357 g/mol. The van der Waals surface area contributed by atoms with E-state index >= 15 is 0 Å². The van der Waals surface area contributed by atoms with Crippen LogP contribution in [0.2, 0.25) is 0 Å². The molecule has 0 heterocycles. The van der Waals surface area contributed by atoms with Gasteiger partial charge in [0.05, 0.1) is 11.1 Å². The number of carboxylic acids is 1. The quantitative estimate of drug-likeness (QED) is 0.678. The largest absolute Gasteiger partial charge is 0.507 e. The summed E-state index contributed by atoms with van der Waals surface area (Å²) in [5.74, 6) is -1.76. The normalized spacial score (nSPS) is 10.2. The Morgan fingerprint density at radius 1 is 1.04 bits per heavy atom. The van der Waals surface area contributed by atoms with E-state index in [1.165, 1.54) is 12.1 Å². The highest BCUT2D eigenvalue weighted by Gasteiger charge is 2.19. The second-order valence-electron chi connectivity index (χ2n) is 6.38. The number of carbonyl (C=O) groups is 2. The van der Waals surface area contributed by atoms with Crippen LogP contribution < -0.4 is 5.73 Å². The van der Waals surface area contributed by atoms with Crippen LogP contribution in [0.5, 0.6) is 5.75 Å². The van der Waals surface area contributed by atoms with Crippen molar-refractivity contribution in [3.05, 3.63) is 64.7 Å². The van der Waals surface area contributed by atoms with E-state index in [1.54, 1.807) is 30.3 Å². The maximum Gasteiger partial charge on any atom is 0.336 e. The second-order valence-corrected chi connectivity index (χ2v) is 6.38. The van der Waals surface area contributed by atoms with Gasteiger partial charge in [-0.3, -0.25) is 4.79 Å². The number of carbonyl (C=O) groups excluding carboxylic acids is 1. The van der Waals surface area contributed by atoms with E-state index in [1.807, 2.05) is 13.8 Å². The summed E-state index contributed by atoms with van der Waals surface area (Å²) in [5.41, 5.74) is 6.20. The first-order chi connectivity index (χ1) is 12.3. The first-order valence-corrected chi connectivity index (χ1v) is 8.72. The van der Waals surface area contributed by atoms with Gasteiger partial charge in [-0.05, 0) is 42.6 Å². The number of aryl methyl sites for hydroxylation is 1. The average Bonchev–Trinajstić information content (AvgIpc) is 2.59. The van der Waals surface area contributed by atoms with Gasteiger partial charge >= 0.3 is 5.97 Å². The van der Waals surface area contributed by atoms with E-state index in [-0.39, 0.29) is 22.4 Å². The molecule has 2 aromatic rings. The number of hydrogen-bond donors (Lipinski definition) is 3. The van der Waals surface area contributed by atoms with Crippen LogP contribution >= 0.6 is 0 Å². The van der Waals surface area contributed by atoms with E-state index in [9.17, 15) is 14.7 Å². The number of aromatic hydroxyl groups is 1. The summed E-state index contributed by atoms with van der Waals surface area (Å²) in [4.78, 5) is 23.7. The highest BCUT2D eigenvalue weighted by Crippen LogP contribution is 2.24. The number of benzene rings is 2. The van der Waals surface area contributed by atoms with Crippen molar-refractivity contribution in [2.24, 2.45) is 5.73 Å². The molecule has 5 nitrogen and oxygen atoms in total. The van der Waals surface area contributed by atoms with Gasteiger partial charge in [0.25, 0.3) is 0 Å². The van der Waals surface area contributed by atoms with Crippen molar-refractivity contribution >= 4 is 11.8 Å². The molecule has 0 aliphatic rings. The number of rotatable bonds is 6. The van der Waals surface area contributed by atoms with Crippen molar-refractivity contribution in [2.75, 3.05) is 0 Å². The van der Waals surface area contributed by atoms with Gasteiger partial charge in [-0.1, -0.05) is 51.5 Å². The van der Waals surface area contributed by atoms with E-state index in [2.05, 4.69) is 6.92 Å². The van der Waals surface area contributed by atoms with Gasteiger partial charge in [0, 0.05) is 5.56 Å². The lowest BCUT2D eigenvalue weighted by Crippen LogP contribution is -2.09. The van der Waals surface area contributed by atoms with Gasteiger partial charge in [0.2, 0.25) is 0 Å². The van der Waals surface area contributed by atoms with E-state index in [0.29, 0.717) is 6.04 Å². The summed E-state index contributed by atoms with van der Waals surface area (Å²) in [7, 11) is 0. The molecular weight excluding hydrogens is 330 g/mol. The molecule has 0 aliphatic carbocycles. The summed E-state index contributed by atoms with van der Waals surface area (Å²) in [6, 6.07) is 11.3. The number of phenols is 1. The Balaban J connectivity index is 0.000000765. The second kappa shape index (κ2) is 10.4. The Kier molecular flexibility index (Phi) is 8.52. The third kappa shape index (κ3) is 6.33. The summed E-state index contributed by atoms with van der Waals surface area (Å²) < 4.78 is 0. The lowest BCUT2D eigenvalue weighted by atomic mass is 9.96. The number of unbranched alkanes of at least 4 members (excludes halogenated alkanes) is 1. The molecule has 0 saturated heterocycles.